The van der Waals surface area contributed by atoms with Gasteiger partial charge in [-0.3, -0.25) is 0 Å². The summed E-state index contributed by atoms with van der Waals surface area (Å²) in [6, 6.07) is 17.9. The summed E-state index contributed by atoms with van der Waals surface area (Å²) >= 11 is 0. The van der Waals surface area contributed by atoms with Crippen molar-refractivity contribution in [1.82, 2.24) is 0 Å². The number of hydrogen-bond acceptors (Lipinski definition) is 0. The van der Waals surface area contributed by atoms with Crippen LogP contribution in [0.15, 0.2) is 120 Å². The van der Waals surface area contributed by atoms with Gasteiger partial charge in [-0.2, -0.15) is 0 Å². The monoisotopic (exact) mass is 402 g/mol. The molecule has 5 rings (SSSR count). The molecule has 3 aliphatic rings. The topological polar surface area (TPSA) is 0 Å². The highest BCUT2D eigenvalue weighted by Gasteiger charge is 2.47. The predicted octanol–water partition coefficient (Wildman–Crippen LogP) is 8.11. The molecule has 0 heterocycles. The Kier molecular flexibility index (Phi) is 4.45. The first kappa shape index (κ1) is 19.8. The van der Waals surface area contributed by atoms with Gasteiger partial charge in [0.05, 0.1) is 5.41 Å². The molecule has 0 bridgehead atoms. The van der Waals surface area contributed by atoms with Crippen LogP contribution < -0.4 is 0 Å². The zero-order valence-electron chi connectivity index (χ0n) is 18.9. The van der Waals surface area contributed by atoms with Crippen LogP contribution in [-0.2, 0) is 5.41 Å². The van der Waals surface area contributed by atoms with Crippen LogP contribution in [0.1, 0.15) is 38.8 Å². The number of benzene rings is 2. The number of allylic oxidation sites excluding steroid dienone is 12. The summed E-state index contributed by atoms with van der Waals surface area (Å²) in [5.41, 5.74) is 7.76. The second-order valence-electron chi connectivity index (χ2n) is 10.1. The fraction of sp³-hybridized carbons (Fsp3) is 0.226. The van der Waals surface area contributed by atoms with Gasteiger partial charge < -0.3 is 0 Å². The second kappa shape index (κ2) is 6.95. The van der Waals surface area contributed by atoms with Gasteiger partial charge in [-0.15, -0.1) is 0 Å². The summed E-state index contributed by atoms with van der Waals surface area (Å²) in [4.78, 5) is 0. The first-order chi connectivity index (χ1) is 14.8. The van der Waals surface area contributed by atoms with Crippen LogP contribution in [0.5, 0.6) is 0 Å². The zero-order chi connectivity index (χ0) is 21.7. The highest BCUT2D eigenvalue weighted by Crippen LogP contribution is 2.57. The molecular formula is C31H30. The maximum atomic E-state index is 2.35. The Labute approximate surface area is 186 Å². The quantitative estimate of drug-likeness (QED) is 0.476. The van der Waals surface area contributed by atoms with Crippen molar-refractivity contribution in [1.29, 1.82) is 0 Å². The number of fused-ring (bicyclic) bond motifs is 3. The fourth-order valence-corrected chi connectivity index (χ4v) is 5.15. The summed E-state index contributed by atoms with van der Waals surface area (Å²) in [5, 5.41) is 0. The maximum Gasteiger partial charge on any atom is 0.0713 e. The predicted molar refractivity (Wildman–Crippen MR) is 133 cm³/mol. The van der Waals surface area contributed by atoms with Crippen LogP contribution in [0.4, 0.5) is 0 Å². The van der Waals surface area contributed by atoms with E-state index in [2.05, 4.69) is 137 Å². The molecule has 0 nitrogen and oxygen atoms in total. The van der Waals surface area contributed by atoms with Crippen molar-refractivity contribution in [2.75, 3.05) is 0 Å². The summed E-state index contributed by atoms with van der Waals surface area (Å²) in [7, 11) is 0. The minimum Gasteiger partial charge on any atom is -0.0751 e. The van der Waals surface area contributed by atoms with Gasteiger partial charge in [0, 0.05) is 10.8 Å². The van der Waals surface area contributed by atoms with Crippen molar-refractivity contribution >= 4 is 0 Å². The molecule has 0 amide bonds. The van der Waals surface area contributed by atoms with Crippen molar-refractivity contribution in [3.63, 3.8) is 0 Å². The SMILES string of the molecule is CC1(C)C=CC=C(C2(C3=CC=CC(C)(C)C=C3)c3ccccc3-c3ccccc32)C=C1. The highest BCUT2D eigenvalue weighted by atomic mass is 14.5. The van der Waals surface area contributed by atoms with Gasteiger partial charge in [-0.25, -0.2) is 0 Å². The minimum atomic E-state index is -0.338. The average molecular weight is 403 g/mol. The third kappa shape index (κ3) is 3.13. The molecule has 0 aromatic heterocycles. The standard InChI is InChI=1S/C31H30/c1-29(2)19-9-11-23(17-21-29)31(24-12-10-20-30(3,4)22-18-24)27-15-7-5-13-25(27)26-14-6-8-16-28(26)31/h5-22H,1-4H3. The molecule has 0 radical (unpaired) electrons. The van der Waals surface area contributed by atoms with Crippen LogP contribution in [-0.4, -0.2) is 0 Å². The van der Waals surface area contributed by atoms with E-state index in [1.807, 2.05) is 0 Å². The first-order valence-electron chi connectivity index (χ1n) is 11.2. The zero-order valence-corrected chi connectivity index (χ0v) is 18.9. The van der Waals surface area contributed by atoms with Gasteiger partial charge in [0.25, 0.3) is 0 Å². The van der Waals surface area contributed by atoms with E-state index in [1.165, 1.54) is 33.4 Å². The van der Waals surface area contributed by atoms with Crippen molar-refractivity contribution in [2.24, 2.45) is 10.8 Å². The Morgan fingerprint density at radius 3 is 1.39 bits per heavy atom. The molecule has 0 atom stereocenters. The molecule has 2 aromatic carbocycles. The smallest absolute Gasteiger partial charge is 0.0713 e. The lowest BCUT2D eigenvalue weighted by Crippen LogP contribution is -2.29. The maximum absolute atomic E-state index is 2.35. The molecule has 0 saturated heterocycles. The lowest BCUT2D eigenvalue weighted by atomic mass is 9.66. The largest absolute Gasteiger partial charge is 0.0751 e. The third-order valence-corrected chi connectivity index (χ3v) is 6.81. The molecule has 0 N–H and O–H groups in total. The number of rotatable bonds is 2. The van der Waals surface area contributed by atoms with Crippen molar-refractivity contribution < 1.29 is 0 Å². The van der Waals surface area contributed by atoms with Crippen LogP contribution in [0.3, 0.4) is 0 Å². The first-order valence-corrected chi connectivity index (χ1v) is 11.2. The van der Waals surface area contributed by atoms with Crippen LogP contribution >= 0.6 is 0 Å². The van der Waals surface area contributed by atoms with Crippen LogP contribution in [0, 0.1) is 10.8 Å². The third-order valence-electron chi connectivity index (χ3n) is 6.81. The van der Waals surface area contributed by atoms with Crippen molar-refractivity contribution in [3.8, 4) is 11.1 Å². The highest BCUT2D eigenvalue weighted by molar-refractivity contribution is 5.87. The van der Waals surface area contributed by atoms with Gasteiger partial charge in [0.1, 0.15) is 0 Å². The minimum absolute atomic E-state index is 0.0344. The summed E-state index contributed by atoms with van der Waals surface area (Å²) in [6.07, 6.45) is 23.1. The number of hydrogen-bond donors (Lipinski definition) is 0. The Balaban J connectivity index is 1.87. The fourth-order valence-electron chi connectivity index (χ4n) is 5.15. The van der Waals surface area contributed by atoms with E-state index >= 15 is 0 Å². The van der Waals surface area contributed by atoms with E-state index in [-0.39, 0.29) is 16.2 Å². The van der Waals surface area contributed by atoms with E-state index < -0.39 is 0 Å². The van der Waals surface area contributed by atoms with Gasteiger partial charge in [-0.1, -0.05) is 137 Å². The molecule has 0 heteroatoms. The van der Waals surface area contributed by atoms with Crippen molar-refractivity contribution in [2.45, 2.75) is 33.1 Å². The van der Waals surface area contributed by atoms with Gasteiger partial charge >= 0.3 is 0 Å². The van der Waals surface area contributed by atoms with Gasteiger partial charge in [-0.05, 0) is 33.4 Å². The Hall–Kier alpha value is -3.12. The molecule has 31 heavy (non-hydrogen) atoms. The summed E-state index contributed by atoms with van der Waals surface area (Å²) in [5.74, 6) is 0. The molecule has 0 spiro atoms. The molecule has 2 aromatic rings. The van der Waals surface area contributed by atoms with Crippen molar-refractivity contribution in [3.05, 3.63) is 132 Å². The molecule has 0 unspecified atom stereocenters. The molecule has 0 saturated carbocycles. The van der Waals surface area contributed by atoms with E-state index in [0.29, 0.717) is 0 Å². The van der Waals surface area contributed by atoms with E-state index in [1.54, 1.807) is 0 Å². The van der Waals surface area contributed by atoms with Gasteiger partial charge in [0.15, 0.2) is 0 Å². The van der Waals surface area contributed by atoms with Crippen LogP contribution in [0.2, 0.25) is 0 Å². The van der Waals surface area contributed by atoms with Gasteiger partial charge in [0.2, 0.25) is 0 Å². The summed E-state index contributed by atoms with van der Waals surface area (Å²) in [6.45, 7) is 9.04. The van der Waals surface area contributed by atoms with E-state index in [9.17, 15) is 0 Å². The van der Waals surface area contributed by atoms with E-state index in [0.717, 1.165) is 0 Å². The average Bonchev–Trinajstić information content (AvgIpc) is 2.84. The lowest BCUT2D eigenvalue weighted by Gasteiger charge is -2.35. The lowest BCUT2D eigenvalue weighted by molar-refractivity contribution is 0.624. The summed E-state index contributed by atoms with van der Waals surface area (Å²) < 4.78 is 0. The Morgan fingerprint density at radius 1 is 0.516 bits per heavy atom. The Morgan fingerprint density at radius 2 is 0.935 bits per heavy atom. The Bertz CT molecular complexity index is 1120. The second-order valence-corrected chi connectivity index (χ2v) is 10.1. The molecule has 0 fully saturated rings. The molecule has 3 aliphatic carbocycles. The molecule has 0 aliphatic heterocycles. The normalized spacial score (nSPS) is 21.5. The van der Waals surface area contributed by atoms with Crippen LogP contribution in [0.25, 0.3) is 11.1 Å². The molecular weight excluding hydrogens is 372 g/mol. The molecule has 154 valence electrons. The van der Waals surface area contributed by atoms with E-state index in [4.69, 9.17) is 0 Å².